The largest absolute Gasteiger partial charge is 0.321 e. The molecule has 0 aliphatic carbocycles. The lowest BCUT2D eigenvalue weighted by atomic mass is 10.1. The van der Waals surface area contributed by atoms with E-state index < -0.39 is 0 Å². The predicted molar refractivity (Wildman–Crippen MR) is 96.1 cm³/mol. The number of para-hydroxylation sites is 1. The molecule has 0 spiro atoms. The van der Waals surface area contributed by atoms with Crippen molar-refractivity contribution in [1.82, 2.24) is 9.97 Å². The highest BCUT2D eigenvalue weighted by Crippen LogP contribution is 2.24. The van der Waals surface area contributed by atoms with Crippen molar-refractivity contribution < 1.29 is 9.18 Å². The fourth-order valence-corrected chi connectivity index (χ4v) is 2.91. The van der Waals surface area contributed by atoms with E-state index in [2.05, 4.69) is 15.3 Å². The number of carbonyl (C=O) groups excluding carboxylic acids is 1. The molecule has 0 atom stereocenters. The molecule has 1 N–H and O–H groups in total. The summed E-state index contributed by atoms with van der Waals surface area (Å²) in [7, 11) is 0. The lowest BCUT2D eigenvalue weighted by molar-refractivity contribution is 0.102. The van der Waals surface area contributed by atoms with E-state index in [1.807, 2.05) is 31.2 Å². The number of aromatic nitrogens is 2. The Labute approximate surface area is 143 Å². The molecule has 2 aromatic carbocycles. The average Bonchev–Trinajstić information content (AvgIpc) is 2.61. The zero-order chi connectivity index (χ0) is 17.4. The topological polar surface area (TPSA) is 54.9 Å². The van der Waals surface area contributed by atoms with Crippen molar-refractivity contribution in [2.45, 2.75) is 6.92 Å². The number of hydrogen-bond donors (Lipinski definition) is 1. The summed E-state index contributed by atoms with van der Waals surface area (Å²) in [4.78, 5) is 21.5. The number of fused-ring (bicyclic) bond motifs is 2. The van der Waals surface area contributed by atoms with Crippen molar-refractivity contribution in [2.75, 3.05) is 5.32 Å². The molecule has 25 heavy (non-hydrogen) atoms. The summed E-state index contributed by atoms with van der Waals surface area (Å²) in [5.41, 5.74) is 3.19. The van der Waals surface area contributed by atoms with Gasteiger partial charge in [-0.1, -0.05) is 18.2 Å². The minimum absolute atomic E-state index is 0.265. The standard InChI is InChI=1S/C20H14FN3O/c1-12-10-15(14-4-2-3-5-18(14)23-12)20(25)24-19-8-9-22-17-7-6-13(21)11-16(17)19/h2-11H,1H3,(H,22,24,25). The summed E-state index contributed by atoms with van der Waals surface area (Å²) in [6.45, 7) is 1.85. The molecule has 1 amide bonds. The van der Waals surface area contributed by atoms with Gasteiger partial charge in [-0.25, -0.2) is 4.39 Å². The zero-order valence-corrected chi connectivity index (χ0v) is 13.5. The first-order valence-corrected chi connectivity index (χ1v) is 7.84. The second-order valence-corrected chi connectivity index (χ2v) is 5.80. The highest BCUT2D eigenvalue weighted by molar-refractivity contribution is 6.14. The minimum atomic E-state index is -0.374. The van der Waals surface area contributed by atoms with Crippen LogP contribution in [0.4, 0.5) is 10.1 Å². The number of halogens is 1. The molecule has 0 bridgehead atoms. The quantitative estimate of drug-likeness (QED) is 0.589. The Balaban J connectivity index is 1.80. The van der Waals surface area contributed by atoms with E-state index in [0.717, 1.165) is 16.6 Å². The fourth-order valence-electron chi connectivity index (χ4n) is 2.91. The molecule has 4 rings (SSSR count). The molecule has 0 saturated carbocycles. The van der Waals surface area contributed by atoms with Gasteiger partial charge in [0.05, 0.1) is 22.3 Å². The molecule has 0 aliphatic heterocycles. The highest BCUT2D eigenvalue weighted by Gasteiger charge is 2.13. The summed E-state index contributed by atoms with van der Waals surface area (Å²) in [6.07, 6.45) is 1.59. The summed E-state index contributed by atoms with van der Waals surface area (Å²) >= 11 is 0. The van der Waals surface area contributed by atoms with Gasteiger partial charge in [0.1, 0.15) is 5.82 Å². The van der Waals surface area contributed by atoms with Crippen LogP contribution in [0.3, 0.4) is 0 Å². The van der Waals surface area contributed by atoms with Gasteiger partial charge < -0.3 is 5.32 Å². The van der Waals surface area contributed by atoms with E-state index in [1.54, 1.807) is 24.4 Å². The Morgan fingerprint density at radius 1 is 1.00 bits per heavy atom. The average molecular weight is 331 g/mol. The lowest BCUT2D eigenvalue weighted by Crippen LogP contribution is -2.13. The Morgan fingerprint density at radius 3 is 2.72 bits per heavy atom. The maximum Gasteiger partial charge on any atom is 0.256 e. The van der Waals surface area contributed by atoms with Gasteiger partial charge >= 0.3 is 0 Å². The summed E-state index contributed by atoms with van der Waals surface area (Å²) in [5, 5.41) is 4.21. The molecule has 0 unspecified atom stereocenters. The number of pyridine rings is 2. The summed E-state index contributed by atoms with van der Waals surface area (Å²) in [6, 6.07) is 15.2. The number of rotatable bonds is 2. The number of nitrogens with zero attached hydrogens (tertiary/aromatic N) is 2. The van der Waals surface area contributed by atoms with Gasteiger partial charge in [0.15, 0.2) is 0 Å². The molecule has 5 heteroatoms. The highest BCUT2D eigenvalue weighted by atomic mass is 19.1. The van der Waals surface area contributed by atoms with Gasteiger partial charge in [-0.2, -0.15) is 0 Å². The Bertz CT molecular complexity index is 1120. The van der Waals surface area contributed by atoms with Gasteiger partial charge in [-0.15, -0.1) is 0 Å². The van der Waals surface area contributed by atoms with E-state index in [4.69, 9.17) is 0 Å². The van der Waals surface area contributed by atoms with Crippen molar-refractivity contribution in [3.63, 3.8) is 0 Å². The van der Waals surface area contributed by atoms with E-state index in [-0.39, 0.29) is 11.7 Å². The van der Waals surface area contributed by atoms with Crippen LogP contribution in [0, 0.1) is 12.7 Å². The number of nitrogens with one attached hydrogen (secondary N) is 1. The molecular weight excluding hydrogens is 317 g/mol. The fraction of sp³-hybridized carbons (Fsp3) is 0.0500. The molecule has 0 aliphatic rings. The van der Waals surface area contributed by atoms with Crippen LogP contribution < -0.4 is 5.32 Å². The van der Waals surface area contributed by atoms with Crippen molar-refractivity contribution in [3.05, 3.63) is 77.9 Å². The molecule has 2 aromatic heterocycles. The number of hydrogen-bond acceptors (Lipinski definition) is 3. The third-order valence-electron chi connectivity index (χ3n) is 4.04. The first-order chi connectivity index (χ1) is 12.1. The third kappa shape index (κ3) is 2.80. The maximum atomic E-state index is 13.6. The SMILES string of the molecule is Cc1cc(C(=O)Nc2ccnc3ccc(F)cc23)c2ccccc2n1. The Kier molecular flexibility index (Phi) is 3.61. The second kappa shape index (κ2) is 5.94. The van der Waals surface area contributed by atoms with Gasteiger partial charge in [-0.3, -0.25) is 14.8 Å². The van der Waals surface area contributed by atoms with Gasteiger partial charge in [0.25, 0.3) is 5.91 Å². The van der Waals surface area contributed by atoms with Gasteiger partial charge in [-0.05, 0) is 43.3 Å². The number of aryl methyl sites for hydroxylation is 1. The monoisotopic (exact) mass is 331 g/mol. The van der Waals surface area contributed by atoms with Crippen molar-refractivity contribution in [3.8, 4) is 0 Å². The van der Waals surface area contributed by atoms with Crippen LogP contribution in [-0.4, -0.2) is 15.9 Å². The second-order valence-electron chi connectivity index (χ2n) is 5.80. The lowest BCUT2D eigenvalue weighted by Gasteiger charge is -2.11. The van der Waals surface area contributed by atoms with Crippen LogP contribution in [0.5, 0.6) is 0 Å². The number of benzene rings is 2. The first kappa shape index (κ1) is 15.2. The zero-order valence-electron chi connectivity index (χ0n) is 13.5. The van der Waals surface area contributed by atoms with Crippen LogP contribution in [0.1, 0.15) is 16.1 Å². The van der Waals surface area contributed by atoms with Gasteiger partial charge in [0, 0.05) is 22.7 Å². The van der Waals surface area contributed by atoms with Crippen LogP contribution in [0.15, 0.2) is 60.8 Å². The Morgan fingerprint density at radius 2 is 1.84 bits per heavy atom. The van der Waals surface area contributed by atoms with E-state index >= 15 is 0 Å². The number of carbonyl (C=O) groups is 1. The normalized spacial score (nSPS) is 11.0. The molecule has 4 nitrogen and oxygen atoms in total. The van der Waals surface area contributed by atoms with Crippen LogP contribution >= 0.6 is 0 Å². The summed E-state index contributed by atoms with van der Waals surface area (Å²) in [5.74, 6) is -0.639. The molecule has 4 aromatic rings. The third-order valence-corrected chi connectivity index (χ3v) is 4.04. The van der Waals surface area contributed by atoms with Crippen molar-refractivity contribution >= 4 is 33.4 Å². The van der Waals surface area contributed by atoms with E-state index in [0.29, 0.717) is 22.2 Å². The molecule has 122 valence electrons. The van der Waals surface area contributed by atoms with Crippen molar-refractivity contribution in [1.29, 1.82) is 0 Å². The molecule has 0 saturated heterocycles. The number of anilines is 1. The van der Waals surface area contributed by atoms with E-state index in [1.165, 1.54) is 12.1 Å². The van der Waals surface area contributed by atoms with Crippen molar-refractivity contribution in [2.24, 2.45) is 0 Å². The molecule has 0 radical (unpaired) electrons. The first-order valence-electron chi connectivity index (χ1n) is 7.84. The Hall–Kier alpha value is -3.34. The number of amides is 1. The summed E-state index contributed by atoms with van der Waals surface area (Å²) < 4.78 is 13.6. The maximum absolute atomic E-state index is 13.6. The van der Waals surface area contributed by atoms with Crippen LogP contribution in [0.2, 0.25) is 0 Å². The molecular formula is C20H14FN3O. The van der Waals surface area contributed by atoms with Crippen LogP contribution in [0.25, 0.3) is 21.8 Å². The molecule has 0 fully saturated rings. The smallest absolute Gasteiger partial charge is 0.256 e. The minimum Gasteiger partial charge on any atom is -0.321 e. The molecule has 2 heterocycles. The predicted octanol–water partition coefficient (Wildman–Crippen LogP) is 4.48. The van der Waals surface area contributed by atoms with E-state index in [9.17, 15) is 9.18 Å². The van der Waals surface area contributed by atoms with Crippen LogP contribution in [-0.2, 0) is 0 Å². The van der Waals surface area contributed by atoms with Gasteiger partial charge in [0.2, 0.25) is 0 Å².